The third-order valence-electron chi connectivity index (χ3n) is 2.89. The van der Waals surface area contributed by atoms with Crippen LogP contribution in [-0.2, 0) is 0 Å². The van der Waals surface area contributed by atoms with Gasteiger partial charge in [0.05, 0.1) is 0 Å². The van der Waals surface area contributed by atoms with Crippen LogP contribution in [0.25, 0.3) is 0 Å². The molecule has 0 unspecified atom stereocenters. The fourth-order valence-corrected chi connectivity index (χ4v) is 2.03. The Kier molecular flexibility index (Phi) is 6.00. The van der Waals surface area contributed by atoms with E-state index in [2.05, 4.69) is 63.4 Å². The first-order valence-electron chi connectivity index (χ1n) is 6.29. The summed E-state index contributed by atoms with van der Waals surface area (Å²) >= 11 is 4.44. The number of hydrogen-bond donors (Lipinski definition) is 1. The molecule has 0 N–H and O–H groups in total. The lowest BCUT2D eigenvalue weighted by Gasteiger charge is -1.96. The molecule has 0 aromatic carbocycles. The van der Waals surface area contributed by atoms with Gasteiger partial charge in [0.15, 0.2) is 0 Å². The van der Waals surface area contributed by atoms with Gasteiger partial charge in [-0.1, -0.05) is 47.6 Å². The van der Waals surface area contributed by atoms with Crippen molar-refractivity contribution in [3.8, 4) is 0 Å². The molecule has 18 heavy (non-hydrogen) atoms. The molecule has 1 heteroatoms. The first-order valence-corrected chi connectivity index (χ1v) is 6.74. The van der Waals surface area contributed by atoms with E-state index in [1.807, 2.05) is 13.0 Å². The van der Waals surface area contributed by atoms with Crippen LogP contribution in [0.3, 0.4) is 0 Å². The number of hydrogen-bond acceptors (Lipinski definition) is 1. The standard InChI is InChI=1S/C17H22S/c1-5-13(2)12-17(18)9-7-15(4)11-16-8-6-14(3)10-16/h5,7,9-12,18H,3,6,8H2,1-2,4H3/b9-7-,13-5+,15-11-,17-12+. The summed E-state index contributed by atoms with van der Waals surface area (Å²) in [5, 5.41) is 0. The second-order valence-electron chi connectivity index (χ2n) is 4.70. The first kappa shape index (κ1) is 14.8. The largest absolute Gasteiger partial charge is 0.143 e. The fraction of sp³-hybridized carbons (Fsp3) is 0.294. The van der Waals surface area contributed by atoms with Crippen molar-refractivity contribution in [1.29, 1.82) is 0 Å². The van der Waals surface area contributed by atoms with Crippen LogP contribution in [0.15, 0.2) is 70.2 Å². The summed E-state index contributed by atoms with van der Waals surface area (Å²) in [6, 6.07) is 0. The Bertz CT molecular complexity index is 468. The molecular formula is C17H22S. The maximum Gasteiger partial charge on any atom is 0.00425 e. The number of thiol groups is 1. The van der Waals surface area contributed by atoms with Crippen molar-refractivity contribution in [1.82, 2.24) is 0 Å². The Labute approximate surface area is 117 Å². The van der Waals surface area contributed by atoms with Gasteiger partial charge < -0.3 is 0 Å². The molecule has 96 valence electrons. The van der Waals surface area contributed by atoms with E-state index in [0.717, 1.165) is 17.7 Å². The van der Waals surface area contributed by atoms with Crippen molar-refractivity contribution in [3.05, 3.63) is 70.2 Å². The highest BCUT2D eigenvalue weighted by Crippen LogP contribution is 2.23. The Morgan fingerprint density at radius 1 is 1.22 bits per heavy atom. The SMILES string of the molecule is C=C1C=C(\C=C(C)/C=C\C(S)=C/C(C)=C/C)CC1. The van der Waals surface area contributed by atoms with Gasteiger partial charge in [0.25, 0.3) is 0 Å². The smallest absolute Gasteiger partial charge is 0.00425 e. The molecule has 1 aliphatic carbocycles. The van der Waals surface area contributed by atoms with Gasteiger partial charge in [-0.2, -0.15) is 0 Å². The van der Waals surface area contributed by atoms with Gasteiger partial charge in [0.1, 0.15) is 0 Å². The quantitative estimate of drug-likeness (QED) is 0.496. The fourth-order valence-electron chi connectivity index (χ4n) is 1.75. The summed E-state index contributed by atoms with van der Waals surface area (Å²) in [5.74, 6) is 0. The summed E-state index contributed by atoms with van der Waals surface area (Å²) in [7, 11) is 0. The van der Waals surface area contributed by atoms with Crippen LogP contribution in [0, 0.1) is 0 Å². The maximum absolute atomic E-state index is 4.44. The van der Waals surface area contributed by atoms with Crippen molar-refractivity contribution in [2.75, 3.05) is 0 Å². The Hall–Kier alpha value is -1.21. The minimum atomic E-state index is 0.975. The Morgan fingerprint density at radius 3 is 2.50 bits per heavy atom. The molecule has 0 nitrogen and oxygen atoms in total. The van der Waals surface area contributed by atoms with E-state index in [9.17, 15) is 0 Å². The van der Waals surface area contributed by atoms with Gasteiger partial charge >= 0.3 is 0 Å². The van der Waals surface area contributed by atoms with Crippen molar-refractivity contribution in [2.45, 2.75) is 33.6 Å². The number of rotatable bonds is 4. The molecule has 0 fully saturated rings. The zero-order chi connectivity index (χ0) is 13.5. The summed E-state index contributed by atoms with van der Waals surface area (Å²) in [5.41, 5.74) is 5.07. The molecule has 0 aromatic heterocycles. The van der Waals surface area contributed by atoms with Crippen LogP contribution in [0.1, 0.15) is 33.6 Å². The van der Waals surface area contributed by atoms with E-state index >= 15 is 0 Å². The normalized spacial score (nSPS) is 18.8. The van der Waals surface area contributed by atoms with Gasteiger partial charge in [-0.05, 0) is 51.3 Å². The maximum atomic E-state index is 4.44. The molecule has 1 rings (SSSR count). The lowest BCUT2D eigenvalue weighted by Crippen LogP contribution is -1.75. The average molecular weight is 258 g/mol. The molecule has 0 aromatic rings. The van der Waals surface area contributed by atoms with Crippen LogP contribution in [0.2, 0.25) is 0 Å². The van der Waals surface area contributed by atoms with Crippen molar-refractivity contribution >= 4 is 12.6 Å². The van der Waals surface area contributed by atoms with E-state index in [-0.39, 0.29) is 0 Å². The first-order chi connectivity index (χ1) is 8.51. The van der Waals surface area contributed by atoms with E-state index in [1.165, 1.54) is 22.3 Å². The third kappa shape index (κ3) is 5.42. The van der Waals surface area contributed by atoms with Crippen molar-refractivity contribution in [2.24, 2.45) is 0 Å². The minimum absolute atomic E-state index is 0.975. The summed E-state index contributed by atoms with van der Waals surface area (Å²) in [6.07, 6.45) is 14.9. The van der Waals surface area contributed by atoms with Crippen LogP contribution in [0.5, 0.6) is 0 Å². The van der Waals surface area contributed by atoms with Gasteiger partial charge in [-0.15, -0.1) is 12.6 Å². The van der Waals surface area contributed by atoms with E-state index in [0.29, 0.717) is 0 Å². The molecular weight excluding hydrogens is 236 g/mol. The molecule has 0 aliphatic heterocycles. The van der Waals surface area contributed by atoms with E-state index in [4.69, 9.17) is 0 Å². The zero-order valence-corrected chi connectivity index (χ0v) is 12.4. The molecule has 0 bridgehead atoms. The molecule has 0 radical (unpaired) electrons. The molecule has 0 amide bonds. The molecule has 0 saturated carbocycles. The predicted octanol–water partition coefficient (Wildman–Crippen LogP) is 5.55. The molecule has 1 aliphatic rings. The Morgan fingerprint density at radius 2 is 1.94 bits per heavy atom. The third-order valence-corrected chi connectivity index (χ3v) is 3.16. The van der Waals surface area contributed by atoms with Gasteiger partial charge in [-0.25, -0.2) is 0 Å². The second kappa shape index (κ2) is 7.27. The van der Waals surface area contributed by atoms with Crippen LogP contribution in [0.4, 0.5) is 0 Å². The molecule has 0 atom stereocenters. The second-order valence-corrected chi connectivity index (χ2v) is 5.22. The van der Waals surface area contributed by atoms with Crippen molar-refractivity contribution < 1.29 is 0 Å². The van der Waals surface area contributed by atoms with E-state index < -0.39 is 0 Å². The topological polar surface area (TPSA) is 0 Å². The predicted molar refractivity (Wildman–Crippen MR) is 85.9 cm³/mol. The molecule has 0 heterocycles. The van der Waals surface area contributed by atoms with Crippen molar-refractivity contribution in [3.63, 3.8) is 0 Å². The van der Waals surface area contributed by atoms with Crippen LogP contribution < -0.4 is 0 Å². The molecule has 0 spiro atoms. The summed E-state index contributed by atoms with van der Waals surface area (Å²) in [4.78, 5) is 0.975. The lowest BCUT2D eigenvalue weighted by atomic mass is 10.1. The van der Waals surface area contributed by atoms with E-state index in [1.54, 1.807) is 0 Å². The van der Waals surface area contributed by atoms with Crippen LogP contribution in [-0.4, -0.2) is 0 Å². The monoisotopic (exact) mass is 258 g/mol. The zero-order valence-electron chi connectivity index (χ0n) is 11.5. The highest BCUT2D eigenvalue weighted by atomic mass is 32.1. The Balaban J connectivity index is 2.67. The minimum Gasteiger partial charge on any atom is -0.143 e. The van der Waals surface area contributed by atoms with Gasteiger partial charge in [0, 0.05) is 4.91 Å². The van der Waals surface area contributed by atoms with Gasteiger partial charge in [-0.3, -0.25) is 0 Å². The highest BCUT2D eigenvalue weighted by Gasteiger charge is 2.04. The van der Waals surface area contributed by atoms with Crippen LogP contribution >= 0.6 is 12.6 Å². The highest BCUT2D eigenvalue weighted by molar-refractivity contribution is 7.84. The van der Waals surface area contributed by atoms with Gasteiger partial charge in [0.2, 0.25) is 0 Å². The average Bonchev–Trinajstić information content (AvgIpc) is 2.72. The lowest BCUT2D eigenvalue weighted by molar-refractivity contribution is 1.03. The summed E-state index contributed by atoms with van der Waals surface area (Å²) in [6.45, 7) is 10.2. The number of allylic oxidation sites excluding steroid dienone is 10. The molecule has 0 saturated heterocycles. The summed E-state index contributed by atoms with van der Waals surface area (Å²) < 4.78 is 0.